The van der Waals surface area contributed by atoms with E-state index in [4.69, 9.17) is 11.6 Å². The summed E-state index contributed by atoms with van der Waals surface area (Å²) in [4.78, 5) is 6.87. The second kappa shape index (κ2) is 5.83. The van der Waals surface area contributed by atoms with E-state index in [2.05, 4.69) is 22.9 Å². The molecule has 1 aromatic heterocycles. The lowest BCUT2D eigenvalue weighted by molar-refractivity contribution is 0.253. The molecule has 1 fully saturated rings. The van der Waals surface area contributed by atoms with E-state index in [0.29, 0.717) is 11.2 Å². The summed E-state index contributed by atoms with van der Waals surface area (Å²) in [5, 5.41) is 0.631. The summed E-state index contributed by atoms with van der Waals surface area (Å²) in [6.45, 7) is 6.72. The molecule has 94 valence electrons. The first-order valence-electron chi connectivity index (χ1n) is 6.58. The lowest BCUT2D eigenvalue weighted by Gasteiger charge is -2.24. The zero-order valence-corrected chi connectivity index (χ0v) is 11.5. The third kappa shape index (κ3) is 2.99. The highest BCUT2D eigenvalue weighted by Crippen LogP contribution is 2.32. The highest BCUT2D eigenvalue weighted by molar-refractivity contribution is 6.30. The highest BCUT2D eigenvalue weighted by Gasteiger charge is 2.25. The largest absolute Gasteiger partial charge is 0.296 e. The average Bonchev–Trinajstić information content (AvgIpc) is 2.78. The molecule has 0 N–H and O–H groups in total. The van der Waals surface area contributed by atoms with Gasteiger partial charge in [0.1, 0.15) is 5.15 Å². The SMILES string of the molecule is CCCCN1CCCC1c1cnc(Cl)c(C)c1. The van der Waals surface area contributed by atoms with Gasteiger partial charge in [0, 0.05) is 12.2 Å². The minimum atomic E-state index is 0.560. The van der Waals surface area contributed by atoms with Gasteiger partial charge in [0.05, 0.1) is 0 Å². The number of likely N-dealkylation sites (tertiary alicyclic amines) is 1. The van der Waals surface area contributed by atoms with Gasteiger partial charge in [0.2, 0.25) is 0 Å². The van der Waals surface area contributed by atoms with Crippen LogP contribution in [0.2, 0.25) is 5.15 Å². The Morgan fingerprint density at radius 2 is 2.35 bits per heavy atom. The predicted molar refractivity (Wildman–Crippen MR) is 72.4 cm³/mol. The minimum absolute atomic E-state index is 0.560. The molecule has 2 nitrogen and oxygen atoms in total. The first-order valence-corrected chi connectivity index (χ1v) is 6.96. The van der Waals surface area contributed by atoms with Crippen molar-refractivity contribution >= 4 is 11.6 Å². The van der Waals surface area contributed by atoms with E-state index in [0.717, 1.165) is 5.56 Å². The first-order chi connectivity index (χ1) is 8.22. The van der Waals surface area contributed by atoms with Crippen molar-refractivity contribution in [1.29, 1.82) is 0 Å². The molecule has 2 heterocycles. The molecule has 0 radical (unpaired) electrons. The third-order valence-corrected chi connectivity index (χ3v) is 3.98. The molecule has 0 aliphatic carbocycles. The van der Waals surface area contributed by atoms with Gasteiger partial charge in [-0.1, -0.05) is 24.9 Å². The summed E-state index contributed by atoms with van der Waals surface area (Å²) in [6.07, 6.45) is 7.06. The quantitative estimate of drug-likeness (QED) is 0.754. The molecule has 0 bridgehead atoms. The molecule has 1 aliphatic heterocycles. The maximum absolute atomic E-state index is 5.98. The average molecular weight is 253 g/mol. The normalized spacial score (nSPS) is 21.0. The Labute approximate surface area is 109 Å². The van der Waals surface area contributed by atoms with Crippen LogP contribution in [0.15, 0.2) is 12.3 Å². The molecule has 1 aliphatic rings. The van der Waals surface area contributed by atoms with Crippen LogP contribution in [0.5, 0.6) is 0 Å². The van der Waals surface area contributed by atoms with Crippen LogP contribution in [0, 0.1) is 6.92 Å². The molecule has 1 atom stereocenters. The second-order valence-electron chi connectivity index (χ2n) is 4.92. The molecule has 0 spiro atoms. The van der Waals surface area contributed by atoms with E-state index in [1.54, 1.807) is 0 Å². The summed E-state index contributed by atoms with van der Waals surface area (Å²) in [7, 11) is 0. The van der Waals surface area contributed by atoms with E-state index in [9.17, 15) is 0 Å². The van der Waals surface area contributed by atoms with Crippen LogP contribution < -0.4 is 0 Å². The van der Waals surface area contributed by atoms with E-state index < -0.39 is 0 Å². The van der Waals surface area contributed by atoms with Crippen LogP contribution in [-0.4, -0.2) is 23.0 Å². The van der Waals surface area contributed by atoms with Gasteiger partial charge in [0.25, 0.3) is 0 Å². The lowest BCUT2D eigenvalue weighted by atomic mass is 10.1. The second-order valence-corrected chi connectivity index (χ2v) is 5.28. The number of aromatic nitrogens is 1. The Hall–Kier alpha value is -0.600. The molecule has 1 aromatic rings. The first kappa shape index (κ1) is 12.8. The number of pyridine rings is 1. The summed E-state index contributed by atoms with van der Waals surface area (Å²) >= 11 is 5.98. The van der Waals surface area contributed by atoms with Gasteiger partial charge in [-0.25, -0.2) is 4.98 Å². The molecular formula is C14H21ClN2. The van der Waals surface area contributed by atoms with Crippen molar-refractivity contribution in [3.8, 4) is 0 Å². The number of hydrogen-bond acceptors (Lipinski definition) is 2. The van der Waals surface area contributed by atoms with Gasteiger partial charge in [-0.3, -0.25) is 4.90 Å². The lowest BCUT2D eigenvalue weighted by Crippen LogP contribution is -2.24. The fraction of sp³-hybridized carbons (Fsp3) is 0.643. The van der Waals surface area contributed by atoms with Crippen LogP contribution in [-0.2, 0) is 0 Å². The van der Waals surface area contributed by atoms with Crippen molar-refractivity contribution in [3.63, 3.8) is 0 Å². The number of halogens is 1. The number of nitrogens with zero attached hydrogens (tertiary/aromatic N) is 2. The summed E-state index contributed by atoms with van der Waals surface area (Å²) in [5.41, 5.74) is 2.42. The summed E-state index contributed by atoms with van der Waals surface area (Å²) in [5.74, 6) is 0. The Bertz CT molecular complexity index is 378. The smallest absolute Gasteiger partial charge is 0.131 e. The van der Waals surface area contributed by atoms with E-state index in [1.165, 1.54) is 44.3 Å². The van der Waals surface area contributed by atoms with Crippen molar-refractivity contribution in [3.05, 3.63) is 28.5 Å². The van der Waals surface area contributed by atoms with Gasteiger partial charge >= 0.3 is 0 Å². The molecule has 0 saturated carbocycles. The monoisotopic (exact) mass is 252 g/mol. The van der Waals surface area contributed by atoms with E-state index >= 15 is 0 Å². The Balaban J connectivity index is 2.11. The number of rotatable bonds is 4. The molecular weight excluding hydrogens is 232 g/mol. The molecule has 0 amide bonds. The Morgan fingerprint density at radius 3 is 3.06 bits per heavy atom. The third-order valence-electron chi connectivity index (χ3n) is 3.58. The summed E-state index contributed by atoms with van der Waals surface area (Å²) < 4.78 is 0. The maximum Gasteiger partial charge on any atom is 0.131 e. The van der Waals surface area contributed by atoms with Crippen LogP contribution >= 0.6 is 11.6 Å². The molecule has 1 unspecified atom stereocenters. The Kier molecular flexibility index (Phi) is 4.41. The molecule has 2 rings (SSSR count). The van der Waals surface area contributed by atoms with Gasteiger partial charge in [0.15, 0.2) is 0 Å². The van der Waals surface area contributed by atoms with Gasteiger partial charge < -0.3 is 0 Å². The van der Waals surface area contributed by atoms with Crippen molar-refractivity contribution in [2.45, 2.75) is 45.6 Å². The van der Waals surface area contributed by atoms with E-state index in [-0.39, 0.29) is 0 Å². The summed E-state index contributed by atoms with van der Waals surface area (Å²) in [6, 6.07) is 2.76. The number of hydrogen-bond donors (Lipinski definition) is 0. The fourth-order valence-electron chi connectivity index (χ4n) is 2.59. The van der Waals surface area contributed by atoms with Crippen molar-refractivity contribution in [1.82, 2.24) is 9.88 Å². The minimum Gasteiger partial charge on any atom is -0.296 e. The zero-order valence-electron chi connectivity index (χ0n) is 10.7. The standard InChI is InChI=1S/C14H21ClN2/c1-3-4-7-17-8-5-6-13(17)12-9-11(2)14(15)16-10-12/h9-10,13H,3-8H2,1-2H3. The number of unbranched alkanes of at least 4 members (excludes halogenated alkanes) is 1. The van der Waals surface area contributed by atoms with Crippen molar-refractivity contribution < 1.29 is 0 Å². The van der Waals surface area contributed by atoms with Crippen LogP contribution in [0.25, 0.3) is 0 Å². The Morgan fingerprint density at radius 1 is 1.53 bits per heavy atom. The van der Waals surface area contributed by atoms with E-state index in [1.807, 2.05) is 13.1 Å². The molecule has 0 aromatic carbocycles. The number of aryl methyl sites for hydroxylation is 1. The van der Waals surface area contributed by atoms with Crippen molar-refractivity contribution in [2.24, 2.45) is 0 Å². The van der Waals surface area contributed by atoms with Gasteiger partial charge in [-0.05, 0) is 56.5 Å². The van der Waals surface area contributed by atoms with Crippen LogP contribution in [0.4, 0.5) is 0 Å². The highest BCUT2D eigenvalue weighted by atomic mass is 35.5. The van der Waals surface area contributed by atoms with Crippen LogP contribution in [0.1, 0.15) is 49.8 Å². The van der Waals surface area contributed by atoms with Gasteiger partial charge in [-0.15, -0.1) is 0 Å². The maximum atomic E-state index is 5.98. The predicted octanol–water partition coefficient (Wildman–Crippen LogP) is 3.98. The van der Waals surface area contributed by atoms with Crippen molar-refractivity contribution in [2.75, 3.05) is 13.1 Å². The molecule has 17 heavy (non-hydrogen) atoms. The molecule has 3 heteroatoms. The zero-order chi connectivity index (χ0) is 12.3. The topological polar surface area (TPSA) is 16.1 Å². The fourth-order valence-corrected chi connectivity index (χ4v) is 2.70. The van der Waals surface area contributed by atoms with Gasteiger partial charge in [-0.2, -0.15) is 0 Å². The molecule has 1 saturated heterocycles. The van der Waals surface area contributed by atoms with Crippen LogP contribution in [0.3, 0.4) is 0 Å².